The summed E-state index contributed by atoms with van der Waals surface area (Å²) in [5.74, 6) is 0. The molecule has 10 nitrogen and oxygen atoms in total. The molecule has 15 aliphatic rings. The van der Waals surface area contributed by atoms with E-state index in [1.807, 2.05) is 24.9 Å². The van der Waals surface area contributed by atoms with E-state index in [0.29, 0.717) is 52.6 Å². The fourth-order valence-electron chi connectivity index (χ4n) is 8.15. The van der Waals surface area contributed by atoms with Crippen molar-refractivity contribution in [2.24, 2.45) is 20.0 Å². The van der Waals surface area contributed by atoms with Crippen LogP contribution in [0.4, 0.5) is 0 Å². The van der Waals surface area contributed by atoms with E-state index >= 15 is 0 Å². The molecule has 0 atom stereocenters. The molecule has 20 bridgehead atoms. The van der Waals surface area contributed by atoms with Crippen LogP contribution in [0.2, 0.25) is 0 Å². The standard InChI is InChI=1S/C52H40N8O2/c1-9-45-41-21-33(1)29-53-13-17-61-18-14-54-30-35-3-11-47-43(23-35)27-39-7-8-40-28-44-24-36(4-12-48(44)60-52(40)51(39)59-47)32-56-16-20-62-19-15-55-31-34-2-10-46-42(22-34)26-38-6-5-37(25-41)49(57-45)50(38)58-46/h1-12,21-32H,13-20H2. The maximum atomic E-state index is 5.84. The van der Waals surface area contributed by atoms with Crippen LogP contribution in [-0.2, 0) is 9.47 Å². The Hall–Kier alpha value is -7.40. The molecule has 15 aliphatic heterocycles. The Morgan fingerprint density at radius 3 is 0.790 bits per heavy atom. The van der Waals surface area contributed by atoms with Gasteiger partial charge in [0.25, 0.3) is 0 Å². The molecule has 0 radical (unpaired) electrons. The first-order valence-corrected chi connectivity index (χ1v) is 21.0. The summed E-state index contributed by atoms with van der Waals surface area (Å²) in [7, 11) is 0. The van der Waals surface area contributed by atoms with Crippen molar-refractivity contribution in [2.75, 3.05) is 52.6 Å². The molecule has 62 heavy (non-hydrogen) atoms. The highest BCUT2D eigenvalue weighted by Crippen LogP contribution is 2.31. The lowest BCUT2D eigenvalue weighted by atomic mass is 10.0. The van der Waals surface area contributed by atoms with Gasteiger partial charge in [0, 0.05) is 67.9 Å². The van der Waals surface area contributed by atoms with Crippen molar-refractivity contribution in [1.82, 2.24) is 19.9 Å². The van der Waals surface area contributed by atoms with E-state index in [1.54, 1.807) is 0 Å². The van der Waals surface area contributed by atoms with Crippen LogP contribution in [0, 0.1) is 0 Å². The molecule has 300 valence electrons. The van der Waals surface area contributed by atoms with E-state index < -0.39 is 0 Å². The Bertz CT molecular complexity index is 3050. The fraction of sp³-hybridized carbons (Fsp3) is 0.154. The molecule has 25 rings (SSSR count). The second-order valence-electron chi connectivity index (χ2n) is 15.5. The smallest absolute Gasteiger partial charge is 0.0972 e. The molecule has 0 amide bonds. The molecule has 0 saturated carbocycles. The van der Waals surface area contributed by atoms with Crippen molar-refractivity contribution < 1.29 is 9.47 Å². The van der Waals surface area contributed by atoms with Crippen LogP contribution in [0.1, 0.15) is 22.3 Å². The van der Waals surface area contributed by atoms with Crippen LogP contribution in [0.25, 0.3) is 87.2 Å². The Morgan fingerprint density at radius 2 is 0.532 bits per heavy atom. The summed E-state index contributed by atoms with van der Waals surface area (Å²) in [6.45, 7) is 4.35. The number of rotatable bonds is 0. The number of hydrogen-bond donors (Lipinski definition) is 0. The van der Waals surface area contributed by atoms with Gasteiger partial charge in [-0.25, -0.2) is 19.9 Å². The van der Waals surface area contributed by atoms with Gasteiger partial charge in [-0.3, -0.25) is 20.0 Å². The fourth-order valence-corrected chi connectivity index (χ4v) is 8.15. The number of nitrogens with zero attached hydrogens (tertiary/aromatic N) is 8. The first-order valence-electron chi connectivity index (χ1n) is 21.0. The highest BCUT2D eigenvalue weighted by molar-refractivity contribution is 6.11. The largest absolute Gasteiger partial charge is 0.378 e. The Kier molecular flexibility index (Phi) is 10.0. The number of aromatic nitrogens is 4. The number of aliphatic imine (C=N–C) groups is 4. The molecule has 0 fully saturated rings. The Morgan fingerprint density at radius 1 is 0.274 bits per heavy atom. The van der Waals surface area contributed by atoms with Crippen LogP contribution in [0.5, 0.6) is 0 Å². The second kappa shape index (κ2) is 16.6. The molecule has 19 heterocycles. The van der Waals surface area contributed by atoms with Gasteiger partial charge >= 0.3 is 0 Å². The number of benzene rings is 6. The van der Waals surface area contributed by atoms with E-state index in [-0.39, 0.29) is 0 Å². The zero-order chi connectivity index (χ0) is 41.2. The van der Waals surface area contributed by atoms with Gasteiger partial charge in [-0.2, -0.15) is 0 Å². The Balaban J connectivity index is 0.847. The number of ether oxygens (including phenoxy) is 2. The SMILES string of the molecule is C1=NCCOCCN=Cc2ccc3nc4c(ccc5cc6cc(ccc6nc54)C=NCCOCCN=Cc4ccc5nc6c(ccc7cc8cc1ccc8nc76)cc5c4)cc3c2. The average molecular weight is 809 g/mol. The minimum absolute atomic E-state index is 0.523. The van der Waals surface area contributed by atoms with Crippen molar-refractivity contribution in [1.29, 1.82) is 0 Å². The topological polar surface area (TPSA) is 119 Å². The van der Waals surface area contributed by atoms with Crippen molar-refractivity contribution >= 4 is 112 Å². The van der Waals surface area contributed by atoms with Gasteiger partial charge in [0.1, 0.15) is 0 Å². The van der Waals surface area contributed by atoms with Crippen molar-refractivity contribution in [2.45, 2.75) is 0 Å². The molecule has 0 aliphatic carbocycles. The summed E-state index contributed by atoms with van der Waals surface area (Å²) in [5.41, 5.74) is 11.3. The van der Waals surface area contributed by atoms with Crippen molar-refractivity contribution in [3.8, 4) is 0 Å². The monoisotopic (exact) mass is 808 g/mol. The zero-order valence-corrected chi connectivity index (χ0v) is 33.9. The van der Waals surface area contributed by atoms with Gasteiger partial charge in [0.05, 0.1) is 96.7 Å². The van der Waals surface area contributed by atoms with Gasteiger partial charge in [-0.15, -0.1) is 0 Å². The lowest BCUT2D eigenvalue weighted by Gasteiger charge is -2.08. The first-order chi connectivity index (χ1) is 30.7. The van der Waals surface area contributed by atoms with Crippen molar-refractivity contribution in [3.63, 3.8) is 0 Å². The number of hydrogen-bond acceptors (Lipinski definition) is 10. The van der Waals surface area contributed by atoms with E-state index in [1.165, 1.54) is 0 Å². The molecule has 0 spiro atoms. The molecule has 0 unspecified atom stereocenters. The Labute approximate surface area is 356 Å². The second-order valence-corrected chi connectivity index (χ2v) is 15.5. The molecule has 10 aromatic rings. The highest BCUT2D eigenvalue weighted by atomic mass is 16.5. The molecular formula is C52H40N8O2. The third-order valence-corrected chi connectivity index (χ3v) is 11.2. The molecular weight excluding hydrogens is 769 g/mol. The van der Waals surface area contributed by atoms with Crippen LogP contribution >= 0.6 is 0 Å². The average Bonchev–Trinajstić information content (AvgIpc) is 3.30. The van der Waals surface area contributed by atoms with Gasteiger partial charge < -0.3 is 9.47 Å². The summed E-state index contributed by atoms with van der Waals surface area (Å²) in [6, 6.07) is 42.2. The minimum atomic E-state index is 0.523. The molecule has 0 saturated heterocycles. The quantitative estimate of drug-likeness (QED) is 0.111. The predicted molar refractivity (Wildman–Crippen MR) is 256 cm³/mol. The van der Waals surface area contributed by atoms with Crippen LogP contribution in [0.3, 0.4) is 0 Å². The van der Waals surface area contributed by atoms with E-state index in [9.17, 15) is 0 Å². The summed E-state index contributed by atoms with van der Waals surface area (Å²) in [5, 5.41) is 8.42. The summed E-state index contributed by atoms with van der Waals surface area (Å²) in [4.78, 5) is 38.8. The van der Waals surface area contributed by atoms with E-state index in [4.69, 9.17) is 29.4 Å². The zero-order valence-electron chi connectivity index (χ0n) is 33.9. The maximum Gasteiger partial charge on any atom is 0.0972 e. The molecule has 6 aromatic carbocycles. The van der Waals surface area contributed by atoms with E-state index in [0.717, 1.165) is 109 Å². The van der Waals surface area contributed by atoms with Crippen LogP contribution in [0.15, 0.2) is 141 Å². The molecule has 4 aromatic heterocycles. The summed E-state index contributed by atoms with van der Waals surface area (Å²) in [6.07, 6.45) is 7.59. The number of pyridine rings is 4. The summed E-state index contributed by atoms with van der Waals surface area (Å²) < 4.78 is 11.7. The normalized spacial score (nSPS) is 14.8. The van der Waals surface area contributed by atoms with E-state index in [2.05, 4.69) is 141 Å². The lowest BCUT2D eigenvalue weighted by molar-refractivity contribution is 0.150. The van der Waals surface area contributed by atoms with Crippen LogP contribution in [-0.4, -0.2) is 97.4 Å². The highest BCUT2D eigenvalue weighted by Gasteiger charge is 2.11. The third-order valence-electron chi connectivity index (χ3n) is 11.2. The third kappa shape index (κ3) is 7.73. The first kappa shape index (κ1) is 37.6. The lowest BCUT2D eigenvalue weighted by Crippen LogP contribution is -2.03. The van der Waals surface area contributed by atoms with Gasteiger partial charge in [0.2, 0.25) is 0 Å². The van der Waals surface area contributed by atoms with Gasteiger partial charge in [-0.1, -0.05) is 48.5 Å². The maximum absolute atomic E-state index is 5.84. The van der Waals surface area contributed by atoms with Gasteiger partial charge in [0.15, 0.2) is 0 Å². The van der Waals surface area contributed by atoms with Crippen LogP contribution < -0.4 is 0 Å². The van der Waals surface area contributed by atoms with Gasteiger partial charge in [-0.05, 0) is 95.1 Å². The summed E-state index contributed by atoms with van der Waals surface area (Å²) >= 11 is 0. The predicted octanol–water partition coefficient (Wildman–Crippen LogP) is 9.91. The van der Waals surface area contributed by atoms with Crippen molar-refractivity contribution in [3.05, 3.63) is 144 Å². The molecule has 0 N–H and O–H groups in total. The minimum Gasteiger partial charge on any atom is -0.378 e. The molecule has 10 heteroatoms.